The van der Waals surface area contributed by atoms with Gasteiger partial charge >= 0.3 is 0 Å². The van der Waals surface area contributed by atoms with Crippen LogP contribution in [0.1, 0.15) is 11.5 Å². The number of hydrogen-bond donors (Lipinski definition) is 1. The molecule has 0 saturated carbocycles. The molecule has 2 rings (SSSR count). The minimum Gasteiger partial charge on any atom is -0.491 e. The summed E-state index contributed by atoms with van der Waals surface area (Å²) < 4.78 is 34.2. The predicted octanol–water partition coefficient (Wildman–Crippen LogP) is 1.58. The quantitative estimate of drug-likeness (QED) is 0.616. The van der Waals surface area contributed by atoms with E-state index in [0.717, 1.165) is 0 Å². The van der Waals surface area contributed by atoms with Gasteiger partial charge in [-0.3, -0.25) is 4.84 Å². The summed E-state index contributed by atoms with van der Waals surface area (Å²) in [5, 5.41) is 3.59. The number of nitrogens with one attached hydrogen (secondary N) is 1. The van der Waals surface area contributed by atoms with E-state index in [1.807, 2.05) is 23.1 Å². The number of benzene rings is 1. The number of para-hydroxylation sites is 1. The predicted molar refractivity (Wildman–Crippen MR) is 74.2 cm³/mol. The molecule has 1 heterocycles. The molecule has 0 bridgehead atoms. The standard InChI is InChI=1S/C13H16N2O5S/c1-10-13(11(2)20-14-10)21(16,17)15-19-9-8-18-12-6-4-3-5-7-12/h3-7,15H,8-9H2,1-2H3. The van der Waals surface area contributed by atoms with Crippen LogP contribution >= 0.6 is 0 Å². The highest BCUT2D eigenvalue weighted by Gasteiger charge is 2.24. The van der Waals surface area contributed by atoms with Gasteiger partial charge in [0.1, 0.15) is 29.6 Å². The maximum absolute atomic E-state index is 12.0. The van der Waals surface area contributed by atoms with Gasteiger partial charge in [0.15, 0.2) is 5.76 Å². The van der Waals surface area contributed by atoms with Crippen molar-refractivity contribution >= 4 is 10.0 Å². The van der Waals surface area contributed by atoms with Crippen LogP contribution in [0.25, 0.3) is 0 Å². The fraction of sp³-hybridized carbons (Fsp3) is 0.308. The Morgan fingerprint density at radius 1 is 1.19 bits per heavy atom. The van der Waals surface area contributed by atoms with E-state index in [0.29, 0.717) is 5.75 Å². The Hall–Kier alpha value is -1.90. The lowest BCUT2D eigenvalue weighted by Crippen LogP contribution is -2.27. The summed E-state index contributed by atoms with van der Waals surface area (Å²) in [5.74, 6) is 0.902. The van der Waals surface area contributed by atoms with Crippen molar-refractivity contribution < 1.29 is 22.5 Å². The summed E-state index contributed by atoms with van der Waals surface area (Å²) in [6.45, 7) is 3.35. The molecule has 1 N–H and O–H groups in total. The number of aromatic nitrogens is 1. The van der Waals surface area contributed by atoms with E-state index in [2.05, 4.69) is 5.16 Å². The molecule has 0 saturated heterocycles. The minimum atomic E-state index is -3.81. The molecule has 0 atom stereocenters. The van der Waals surface area contributed by atoms with Gasteiger partial charge in [0, 0.05) is 0 Å². The zero-order chi connectivity index (χ0) is 15.3. The molecule has 0 aliphatic carbocycles. The number of nitrogens with zero attached hydrogens (tertiary/aromatic N) is 1. The van der Waals surface area contributed by atoms with Crippen LogP contribution in [0.4, 0.5) is 0 Å². The van der Waals surface area contributed by atoms with Crippen LogP contribution in [0.2, 0.25) is 0 Å². The van der Waals surface area contributed by atoms with Crippen molar-refractivity contribution in [1.29, 1.82) is 0 Å². The Morgan fingerprint density at radius 2 is 1.90 bits per heavy atom. The van der Waals surface area contributed by atoms with Crippen molar-refractivity contribution in [2.24, 2.45) is 0 Å². The van der Waals surface area contributed by atoms with Crippen molar-refractivity contribution in [2.75, 3.05) is 13.2 Å². The second-order valence-corrected chi connectivity index (χ2v) is 5.83. The fourth-order valence-corrected chi connectivity index (χ4v) is 2.90. The topological polar surface area (TPSA) is 90.7 Å². The summed E-state index contributed by atoms with van der Waals surface area (Å²) in [6.07, 6.45) is 0. The zero-order valence-electron chi connectivity index (χ0n) is 11.7. The minimum absolute atomic E-state index is 0.00789. The second kappa shape index (κ2) is 6.70. The second-order valence-electron chi connectivity index (χ2n) is 4.25. The molecule has 0 fully saturated rings. The maximum atomic E-state index is 12.0. The van der Waals surface area contributed by atoms with E-state index in [4.69, 9.17) is 14.1 Å². The summed E-state index contributed by atoms with van der Waals surface area (Å²) in [7, 11) is -3.81. The van der Waals surface area contributed by atoms with Gasteiger partial charge in [0.05, 0.1) is 0 Å². The van der Waals surface area contributed by atoms with Gasteiger partial charge in [-0.1, -0.05) is 28.2 Å². The van der Waals surface area contributed by atoms with E-state index < -0.39 is 10.0 Å². The third-order valence-corrected chi connectivity index (χ3v) is 4.06. The number of hydrogen-bond acceptors (Lipinski definition) is 6. The summed E-state index contributed by atoms with van der Waals surface area (Å²) in [5.41, 5.74) is 0.282. The van der Waals surface area contributed by atoms with Crippen molar-refractivity contribution in [3.05, 3.63) is 41.8 Å². The molecule has 1 aromatic carbocycles. The van der Waals surface area contributed by atoms with Crippen LogP contribution in [0.15, 0.2) is 39.8 Å². The van der Waals surface area contributed by atoms with Crippen LogP contribution in [0.3, 0.4) is 0 Å². The first-order valence-electron chi connectivity index (χ1n) is 6.25. The molecule has 8 heteroatoms. The van der Waals surface area contributed by atoms with Crippen LogP contribution in [0.5, 0.6) is 5.75 Å². The average molecular weight is 312 g/mol. The number of ether oxygens (including phenoxy) is 1. The Labute approximate surface area is 122 Å². The third-order valence-electron chi connectivity index (χ3n) is 2.60. The van der Waals surface area contributed by atoms with Gasteiger partial charge in [0.2, 0.25) is 0 Å². The molecule has 0 unspecified atom stereocenters. The van der Waals surface area contributed by atoms with E-state index >= 15 is 0 Å². The molecule has 0 aliphatic rings. The molecule has 0 amide bonds. The van der Waals surface area contributed by atoms with Crippen LogP contribution < -0.4 is 9.62 Å². The average Bonchev–Trinajstić information content (AvgIpc) is 2.79. The number of sulfonamides is 1. The lowest BCUT2D eigenvalue weighted by Gasteiger charge is -2.08. The van der Waals surface area contributed by atoms with E-state index in [1.165, 1.54) is 6.92 Å². The van der Waals surface area contributed by atoms with Gasteiger partial charge in [-0.2, -0.15) is 0 Å². The molecule has 7 nitrogen and oxygen atoms in total. The molecule has 21 heavy (non-hydrogen) atoms. The fourth-order valence-electron chi connectivity index (χ4n) is 1.74. The van der Waals surface area contributed by atoms with Crippen molar-refractivity contribution in [2.45, 2.75) is 18.7 Å². The first-order valence-corrected chi connectivity index (χ1v) is 7.73. The summed E-state index contributed by atoms with van der Waals surface area (Å²) >= 11 is 0. The van der Waals surface area contributed by atoms with Gasteiger partial charge in [-0.15, -0.1) is 0 Å². The van der Waals surface area contributed by atoms with Gasteiger partial charge in [0.25, 0.3) is 10.0 Å². The summed E-state index contributed by atoms with van der Waals surface area (Å²) in [6, 6.07) is 9.16. The smallest absolute Gasteiger partial charge is 0.267 e. The van der Waals surface area contributed by atoms with Crippen molar-refractivity contribution in [3.8, 4) is 5.75 Å². The lowest BCUT2D eigenvalue weighted by atomic mass is 10.3. The molecule has 2 aromatic rings. The first kappa shape index (κ1) is 15.5. The van der Waals surface area contributed by atoms with E-state index in [1.54, 1.807) is 19.1 Å². The molecule has 0 radical (unpaired) electrons. The van der Waals surface area contributed by atoms with Crippen molar-refractivity contribution in [1.82, 2.24) is 10.0 Å². The Balaban J connectivity index is 1.81. The number of rotatable bonds is 7. The Morgan fingerprint density at radius 3 is 2.52 bits per heavy atom. The largest absolute Gasteiger partial charge is 0.491 e. The maximum Gasteiger partial charge on any atom is 0.267 e. The van der Waals surface area contributed by atoms with Gasteiger partial charge in [-0.05, 0) is 26.0 Å². The Kier molecular flexibility index (Phi) is 4.94. The Bertz CT molecular complexity index is 662. The van der Waals surface area contributed by atoms with E-state index in [9.17, 15) is 8.42 Å². The normalized spacial score (nSPS) is 11.5. The third kappa shape index (κ3) is 4.03. The SMILES string of the molecule is Cc1noc(C)c1S(=O)(=O)NOCCOc1ccccc1. The molecule has 114 valence electrons. The molecule has 0 aliphatic heterocycles. The molecular weight excluding hydrogens is 296 g/mol. The molecule has 0 spiro atoms. The van der Waals surface area contributed by atoms with Crippen molar-refractivity contribution in [3.63, 3.8) is 0 Å². The molecular formula is C13H16N2O5S. The van der Waals surface area contributed by atoms with Gasteiger partial charge < -0.3 is 9.26 Å². The van der Waals surface area contributed by atoms with E-state index in [-0.39, 0.29) is 29.6 Å². The van der Waals surface area contributed by atoms with Crippen LogP contribution in [-0.4, -0.2) is 26.8 Å². The number of aryl methyl sites for hydroxylation is 2. The zero-order valence-corrected chi connectivity index (χ0v) is 12.5. The molecule has 1 aromatic heterocycles. The lowest BCUT2D eigenvalue weighted by molar-refractivity contribution is 0.0665. The monoisotopic (exact) mass is 312 g/mol. The summed E-state index contributed by atoms with van der Waals surface area (Å²) in [4.78, 5) is 6.94. The first-order chi connectivity index (χ1) is 10.0. The highest BCUT2D eigenvalue weighted by molar-refractivity contribution is 7.89. The highest BCUT2D eigenvalue weighted by atomic mass is 32.2. The van der Waals surface area contributed by atoms with Gasteiger partial charge in [-0.25, -0.2) is 8.42 Å². The highest BCUT2D eigenvalue weighted by Crippen LogP contribution is 2.18. The van der Waals surface area contributed by atoms with Crippen LogP contribution in [-0.2, 0) is 14.9 Å². The van der Waals surface area contributed by atoms with Crippen LogP contribution in [0, 0.1) is 13.8 Å².